The summed E-state index contributed by atoms with van der Waals surface area (Å²) in [4.78, 5) is 27.7. The lowest BCUT2D eigenvalue weighted by molar-refractivity contribution is -0.141. The zero-order valence-corrected chi connectivity index (χ0v) is 18.5. The zero-order valence-electron chi connectivity index (χ0n) is 18.5. The summed E-state index contributed by atoms with van der Waals surface area (Å²) in [5.74, 6) is 0.722. The van der Waals surface area contributed by atoms with Crippen molar-refractivity contribution in [1.29, 1.82) is 0 Å². The van der Waals surface area contributed by atoms with E-state index in [1.165, 1.54) is 6.42 Å². The smallest absolute Gasteiger partial charge is 0.242 e. The van der Waals surface area contributed by atoms with Crippen LogP contribution in [0.4, 0.5) is 0 Å². The molecule has 1 atom stereocenters. The fourth-order valence-corrected chi connectivity index (χ4v) is 4.01. The molecule has 1 saturated carbocycles. The first-order valence-corrected chi connectivity index (χ1v) is 11.4. The minimum absolute atomic E-state index is 0.0215. The van der Waals surface area contributed by atoms with Gasteiger partial charge in [-0.25, -0.2) is 0 Å². The summed E-state index contributed by atoms with van der Waals surface area (Å²) in [7, 11) is 0. The van der Waals surface area contributed by atoms with Crippen LogP contribution in [0.5, 0.6) is 5.75 Å². The fraction of sp³-hybridized carbons (Fsp3) is 0.462. The van der Waals surface area contributed by atoms with Gasteiger partial charge < -0.3 is 15.0 Å². The molecule has 0 bridgehead atoms. The molecule has 0 radical (unpaired) electrons. The molecule has 1 aliphatic carbocycles. The molecular formula is C26H34N2O3. The summed E-state index contributed by atoms with van der Waals surface area (Å²) in [6.07, 6.45) is 6.58. The Labute approximate surface area is 185 Å². The standard InChI is InChI=1S/C26H34N2O3/c1-21(26(30)27-23-14-7-3-8-15-23)28(20-22-12-5-2-6-13-22)25(29)18-11-19-31-24-16-9-4-10-17-24/h2,4-6,9-10,12-13,16-17,21,23H,3,7-8,11,14-15,18-20H2,1H3,(H,27,30)/t21-/m0/s1. The second-order valence-corrected chi connectivity index (χ2v) is 8.29. The van der Waals surface area contributed by atoms with E-state index in [2.05, 4.69) is 5.32 Å². The Kier molecular flexibility index (Phi) is 8.95. The highest BCUT2D eigenvalue weighted by molar-refractivity contribution is 5.87. The second kappa shape index (κ2) is 12.1. The molecule has 2 aromatic carbocycles. The minimum Gasteiger partial charge on any atom is -0.494 e. The number of para-hydroxylation sites is 1. The molecule has 31 heavy (non-hydrogen) atoms. The summed E-state index contributed by atoms with van der Waals surface area (Å²) in [6.45, 7) is 2.73. The largest absolute Gasteiger partial charge is 0.494 e. The van der Waals surface area contributed by atoms with Crippen LogP contribution in [-0.2, 0) is 16.1 Å². The lowest BCUT2D eigenvalue weighted by atomic mass is 9.95. The predicted octanol–water partition coefficient (Wildman–Crippen LogP) is 4.71. The molecule has 0 saturated heterocycles. The van der Waals surface area contributed by atoms with Crippen molar-refractivity contribution >= 4 is 11.8 Å². The number of nitrogens with one attached hydrogen (secondary N) is 1. The number of amides is 2. The van der Waals surface area contributed by atoms with Crippen molar-refractivity contribution in [3.8, 4) is 5.75 Å². The van der Waals surface area contributed by atoms with Crippen LogP contribution in [0.3, 0.4) is 0 Å². The van der Waals surface area contributed by atoms with Gasteiger partial charge in [0.2, 0.25) is 11.8 Å². The predicted molar refractivity (Wildman–Crippen MR) is 123 cm³/mol. The van der Waals surface area contributed by atoms with Crippen molar-refractivity contribution in [2.75, 3.05) is 6.61 Å². The fourth-order valence-electron chi connectivity index (χ4n) is 4.01. The molecule has 1 aliphatic rings. The summed E-state index contributed by atoms with van der Waals surface area (Å²) < 4.78 is 5.71. The molecule has 5 heteroatoms. The molecule has 3 rings (SSSR count). The number of ether oxygens (including phenoxy) is 1. The van der Waals surface area contributed by atoms with Crippen molar-refractivity contribution in [3.63, 3.8) is 0 Å². The maximum absolute atomic E-state index is 13.1. The summed E-state index contributed by atoms with van der Waals surface area (Å²) >= 11 is 0. The molecule has 0 heterocycles. The molecule has 166 valence electrons. The summed E-state index contributed by atoms with van der Waals surface area (Å²) in [5.41, 5.74) is 1.02. The van der Waals surface area contributed by atoms with Crippen LogP contribution in [0.1, 0.15) is 57.4 Å². The Bertz CT molecular complexity index is 804. The third kappa shape index (κ3) is 7.42. The van der Waals surface area contributed by atoms with Crippen molar-refractivity contribution in [2.45, 2.75) is 70.5 Å². The average molecular weight is 423 g/mol. The first-order chi connectivity index (χ1) is 15.1. The molecule has 5 nitrogen and oxygen atoms in total. The normalized spacial score (nSPS) is 15.1. The molecule has 2 amide bonds. The van der Waals surface area contributed by atoms with Crippen molar-refractivity contribution < 1.29 is 14.3 Å². The van der Waals surface area contributed by atoms with Crippen LogP contribution in [0, 0.1) is 0 Å². The molecule has 1 fully saturated rings. The Morgan fingerprint density at radius 2 is 1.65 bits per heavy atom. The molecule has 0 aromatic heterocycles. The van der Waals surface area contributed by atoms with Crippen molar-refractivity contribution in [1.82, 2.24) is 10.2 Å². The van der Waals surface area contributed by atoms with Crippen LogP contribution in [0.15, 0.2) is 60.7 Å². The Morgan fingerprint density at radius 3 is 2.32 bits per heavy atom. The van der Waals surface area contributed by atoms with Gasteiger partial charge in [-0.2, -0.15) is 0 Å². The van der Waals surface area contributed by atoms with E-state index in [0.29, 0.717) is 26.0 Å². The van der Waals surface area contributed by atoms with Gasteiger partial charge in [-0.05, 0) is 43.9 Å². The highest BCUT2D eigenvalue weighted by Crippen LogP contribution is 2.18. The number of nitrogens with zero attached hydrogens (tertiary/aromatic N) is 1. The van der Waals surface area contributed by atoms with E-state index >= 15 is 0 Å². The highest BCUT2D eigenvalue weighted by Gasteiger charge is 2.27. The Hall–Kier alpha value is -2.82. The topological polar surface area (TPSA) is 58.6 Å². The van der Waals surface area contributed by atoms with E-state index in [-0.39, 0.29) is 17.9 Å². The quantitative estimate of drug-likeness (QED) is 0.564. The maximum atomic E-state index is 13.1. The number of carbonyl (C=O) groups is 2. The highest BCUT2D eigenvalue weighted by atomic mass is 16.5. The molecule has 0 spiro atoms. The van der Waals surface area contributed by atoms with Gasteiger partial charge >= 0.3 is 0 Å². The van der Waals surface area contributed by atoms with Gasteiger partial charge in [-0.1, -0.05) is 67.8 Å². The van der Waals surface area contributed by atoms with Crippen molar-refractivity contribution in [3.05, 3.63) is 66.2 Å². The number of carbonyl (C=O) groups excluding carboxylic acids is 2. The molecular weight excluding hydrogens is 388 g/mol. The van der Waals surface area contributed by atoms with E-state index in [4.69, 9.17) is 4.74 Å². The van der Waals surface area contributed by atoms with Crippen LogP contribution in [-0.4, -0.2) is 35.4 Å². The van der Waals surface area contributed by atoms with Gasteiger partial charge in [-0.15, -0.1) is 0 Å². The molecule has 0 unspecified atom stereocenters. The number of rotatable bonds is 10. The lowest BCUT2D eigenvalue weighted by Crippen LogP contribution is -2.50. The van der Waals surface area contributed by atoms with Crippen LogP contribution in [0.2, 0.25) is 0 Å². The second-order valence-electron chi connectivity index (χ2n) is 8.29. The number of hydrogen-bond acceptors (Lipinski definition) is 3. The maximum Gasteiger partial charge on any atom is 0.242 e. The van der Waals surface area contributed by atoms with Gasteiger partial charge in [-0.3, -0.25) is 9.59 Å². The molecule has 0 aliphatic heterocycles. The number of benzene rings is 2. The molecule has 2 aromatic rings. The monoisotopic (exact) mass is 422 g/mol. The summed E-state index contributed by atoms with van der Waals surface area (Å²) in [6, 6.07) is 19.2. The van der Waals surface area contributed by atoms with Gasteiger partial charge in [0.25, 0.3) is 0 Å². The van der Waals surface area contributed by atoms with E-state index in [1.807, 2.05) is 67.6 Å². The van der Waals surface area contributed by atoms with Crippen LogP contribution >= 0.6 is 0 Å². The lowest BCUT2D eigenvalue weighted by Gasteiger charge is -2.31. The van der Waals surface area contributed by atoms with E-state index in [9.17, 15) is 9.59 Å². The van der Waals surface area contributed by atoms with Gasteiger partial charge in [0.05, 0.1) is 6.61 Å². The SMILES string of the molecule is C[C@@H](C(=O)NC1CCCCC1)N(Cc1ccccc1)C(=O)CCCOc1ccccc1. The van der Waals surface area contributed by atoms with Gasteiger partial charge in [0.1, 0.15) is 11.8 Å². The third-order valence-electron chi connectivity index (χ3n) is 5.86. The summed E-state index contributed by atoms with van der Waals surface area (Å²) in [5, 5.41) is 3.17. The minimum atomic E-state index is -0.510. The van der Waals surface area contributed by atoms with Crippen molar-refractivity contribution in [2.24, 2.45) is 0 Å². The number of hydrogen-bond donors (Lipinski definition) is 1. The van der Waals surface area contributed by atoms with Crippen LogP contribution in [0.25, 0.3) is 0 Å². The first-order valence-electron chi connectivity index (χ1n) is 11.4. The Balaban J connectivity index is 1.57. The average Bonchev–Trinajstić information content (AvgIpc) is 2.81. The molecule has 1 N–H and O–H groups in total. The first kappa shape index (κ1) is 22.9. The van der Waals surface area contributed by atoms with Gasteiger partial charge in [0, 0.05) is 19.0 Å². The van der Waals surface area contributed by atoms with Gasteiger partial charge in [0.15, 0.2) is 0 Å². The Morgan fingerprint density at radius 1 is 1.00 bits per heavy atom. The third-order valence-corrected chi connectivity index (χ3v) is 5.86. The van der Waals surface area contributed by atoms with Crippen LogP contribution < -0.4 is 10.1 Å². The zero-order chi connectivity index (χ0) is 21.9. The van der Waals surface area contributed by atoms with E-state index < -0.39 is 6.04 Å². The van der Waals surface area contributed by atoms with E-state index in [0.717, 1.165) is 37.0 Å². The van der Waals surface area contributed by atoms with E-state index in [1.54, 1.807) is 4.90 Å².